The van der Waals surface area contributed by atoms with Gasteiger partial charge in [-0.1, -0.05) is 23.2 Å². The van der Waals surface area contributed by atoms with Gasteiger partial charge in [-0.2, -0.15) is 5.10 Å². The largest absolute Gasteiger partial charge is 0.374 e. The number of benzene rings is 2. The molecular formula is C17H13Cl2FN4O. The second-order valence-corrected chi connectivity index (χ2v) is 6.01. The van der Waals surface area contributed by atoms with Crippen molar-refractivity contribution in [1.82, 2.24) is 9.78 Å². The number of hydrogen-bond acceptors (Lipinski definition) is 3. The summed E-state index contributed by atoms with van der Waals surface area (Å²) in [5, 5.41) is 10.5. The maximum atomic E-state index is 13.7. The van der Waals surface area contributed by atoms with Crippen molar-refractivity contribution in [3.05, 3.63) is 70.7 Å². The molecule has 0 radical (unpaired) electrons. The number of amides is 1. The highest BCUT2D eigenvalue weighted by atomic mass is 35.5. The molecule has 0 atom stereocenters. The van der Waals surface area contributed by atoms with Crippen molar-refractivity contribution >= 4 is 40.5 Å². The number of carbonyl (C=O) groups excluding carboxylic acids is 1. The fourth-order valence-electron chi connectivity index (χ4n) is 2.22. The molecule has 0 fully saturated rings. The van der Waals surface area contributed by atoms with E-state index in [9.17, 15) is 9.18 Å². The van der Waals surface area contributed by atoms with Crippen LogP contribution >= 0.6 is 23.2 Å². The van der Waals surface area contributed by atoms with E-state index < -0.39 is 11.7 Å². The van der Waals surface area contributed by atoms with E-state index in [1.807, 2.05) is 0 Å². The Bertz CT molecular complexity index is 900. The number of anilines is 2. The summed E-state index contributed by atoms with van der Waals surface area (Å²) in [4.78, 5) is 12.1. The minimum absolute atomic E-state index is 0.0256. The number of rotatable bonds is 5. The molecule has 0 aliphatic rings. The standard InChI is InChI=1S/C17H13Cl2FN4O/c18-11-2-4-13(20)14(8-11)23-17(25)10-21-15-9-12(19)3-5-16(15)24-7-1-6-22-24/h1-9,21H,10H2,(H,23,25). The molecule has 1 amide bonds. The summed E-state index contributed by atoms with van der Waals surface area (Å²) < 4.78 is 15.3. The van der Waals surface area contributed by atoms with Crippen LogP contribution in [-0.4, -0.2) is 22.2 Å². The fourth-order valence-corrected chi connectivity index (χ4v) is 2.57. The Morgan fingerprint density at radius 1 is 1.12 bits per heavy atom. The highest BCUT2D eigenvalue weighted by Crippen LogP contribution is 2.24. The van der Waals surface area contributed by atoms with Crippen LogP contribution < -0.4 is 10.6 Å². The second-order valence-electron chi connectivity index (χ2n) is 5.14. The molecule has 0 unspecified atom stereocenters. The number of halogens is 3. The van der Waals surface area contributed by atoms with E-state index in [-0.39, 0.29) is 12.2 Å². The lowest BCUT2D eigenvalue weighted by Crippen LogP contribution is -2.23. The smallest absolute Gasteiger partial charge is 0.243 e. The van der Waals surface area contributed by atoms with Crippen molar-refractivity contribution in [2.24, 2.45) is 0 Å². The van der Waals surface area contributed by atoms with E-state index in [0.29, 0.717) is 15.7 Å². The SMILES string of the molecule is O=C(CNc1cc(Cl)ccc1-n1cccn1)Nc1cc(Cl)ccc1F. The van der Waals surface area contributed by atoms with Gasteiger partial charge >= 0.3 is 0 Å². The van der Waals surface area contributed by atoms with Crippen molar-refractivity contribution in [2.75, 3.05) is 17.2 Å². The summed E-state index contributed by atoms with van der Waals surface area (Å²) in [5.74, 6) is -0.981. The average molecular weight is 379 g/mol. The maximum absolute atomic E-state index is 13.7. The Hall–Kier alpha value is -2.57. The van der Waals surface area contributed by atoms with Gasteiger partial charge in [0.2, 0.25) is 5.91 Å². The van der Waals surface area contributed by atoms with Gasteiger partial charge in [0, 0.05) is 22.4 Å². The van der Waals surface area contributed by atoms with Crippen LogP contribution in [0.4, 0.5) is 15.8 Å². The van der Waals surface area contributed by atoms with Crippen LogP contribution in [0.25, 0.3) is 5.69 Å². The number of hydrogen-bond donors (Lipinski definition) is 2. The first-order valence-corrected chi connectivity index (χ1v) is 8.07. The third-order valence-corrected chi connectivity index (χ3v) is 3.82. The molecule has 3 rings (SSSR count). The van der Waals surface area contributed by atoms with Crippen molar-refractivity contribution in [3.8, 4) is 5.69 Å². The first kappa shape index (κ1) is 17.3. The number of nitrogens with one attached hydrogen (secondary N) is 2. The van der Waals surface area contributed by atoms with Crippen LogP contribution in [0.1, 0.15) is 0 Å². The molecule has 1 aromatic heterocycles. The Morgan fingerprint density at radius 3 is 2.56 bits per heavy atom. The van der Waals surface area contributed by atoms with Crippen molar-refractivity contribution in [2.45, 2.75) is 0 Å². The topological polar surface area (TPSA) is 59.0 Å². The zero-order chi connectivity index (χ0) is 17.8. The number of nitrogens with zero attached hydrogens (tertiary/aromatic N) is 2. The molecule has 128 valence electrons. The van der Waals surface area contributed by atoms with E-state index in [4.69, 9.17) is 23.2 Å². The van der Waals surface area contributed by atoms with Gasteiger partial charge in [0.15, 0.2) is 0 Å². The van der Waals surface area contributed by atoms with E-state index in [0.717, 1.165) is 5.69 Å². The normalized spacial score (nSPS) is 10.5. The molecule has 0 aliphatic heterocycles. The Labute approximate surface area is 153 Å². The van der Waals surface area contributed by atoms with E-state index in [2.05, 4.69) is 15.7 Å². The molecule has 0 spiro atoms. The van der Waals surface area contributed by atoms with Crippen LogP contribution in [0.3, 0.4) is 0 Å². The lowest BCUT2D eigenvalue weighted by Gasteiger charge is -2.13. The second kappa shape index (κ2) is 7.55. The molecule has 1 heterocycles. The van der Waals surface area contributed by atoms with Gasteiger partial charge in [0.25, 0.3) is 0 Å². The van der Waals surface area contributed by atoms with Crippen LogP contribution in [0.5, 0.6) is 0 Å². The lowest BCUT2D eigenvalue weighted by molar-refractivity contribution is -0.114. The summed E-state index contributed by atoms with van der Waals surface area (Å²) in [6.07, 6.45) is 3.42. The van der Waals surface area contributed by atoms with Gasteiger partial charge in [-0.15, -0.1) is 0 Å². The summed E-state index contributed by atoms with van der Waals surface area (Å²) in [7, 11) is 0. The molecule has 0 saturated carbocycles. The average Bonchev–Trinajstić information content (AvgIpc) is 3.11. The molecule has 2 N–H and O–H groups in total. The van der Waals surface area contributed by atoms with Gasteiger partial charge in [-0.3, -0.25) is 4.79 Å². The van der Waals surface area contributed by atoms with Crippen molar-refractivity contribution < 1.29 is 9.18 Å². The van der Waals surface area contributed by atoms with E-state index in [1.54, 1.807) is 41.3 Å². The zero-order valence-corrected chi connectivity index (χ0v) is 14.4. The predicted octanol–water partition coefficient (Wildman–Crippen LogP) is 4.37. The number of aromatic nitrogens is 2. The Morgan fingerprint density at radius 2 is 1.84 bits per heavy atom. The molecule has 0 aliphatic carbocycles. The third-order valence-electron chi connectivity index (χ3n) is 3.35. The van der Waals surface area contributed by atoms with Crippen LogP contribution in [0, 0.1) is 5.82 Å². The molecule has 8 heteroatoms. The molecule has 2 aromatic carbocycles. The molecular weight excluding hydrogens is 366 g/mol. The quantitative estimate of drug-likeness (QED) is 0.692. The fraction of sp³-hybridized carbons (Fsp3) is 0.0588. The zero-order valence-electron chi connectivity index (χ0n) is 12.8. The van der Waals surface area contributed by atoms with Crippen molar-refractivity contribution in [1.29, 1.82) is 0 Å². The van der Waals surface area contributed by atoms with Gasteiger partial charge < -0.3 is 10.6 Å². The highest BCUT2D eigenvalue weighted by molar-refractivity contribution is 6.31. The van der Waals surface area contributed by atoms with Gasteiger partial charge in [-0.05, 0) is 42.5 Å². The first-order chi connectivity index (χ1) is 12.0. The van der Waals surface area contributed by atoms with E-state index >= 15 is 0 Å². The Balaban J connectivity index is 1.72. The van der Waals surface area contributed by atoms with Crippen molar-refractivity contribution in [3.63, 3.8) is 0 Å². The third kappa shape index (κ3) is 4.29. The monoisotopic (exact) mass is 378 g/mol. The predicted molar refractivity (Wildman–Crippen MR) is 97.1 cm³/mol. The molecule has 0 bridgehead atoms. The highest BCUT2D eigenvalue weighted by Gasteiger charge is 2.10. The first-order valence-electron chi connectivity index (χ1n) is 7.31. The van der Waals surface area contributed by atoms with E-state index in [1.165, 1.54) is 18.2 Å². The minimum atomic E-state index is -0.558. The summed E-state index contributed by atoms with van der Waals surface area (Å²) >= 11 is 11.8. The lowest BCUT2D eigenvalue weighted by atomic mass is 10.2. The molecule has 5 nitrogen and oxygen atoms in total. The Kier molecular flexibility index (Phi) is 5.21. The molecule has 0 saturated heterocycles. The summed E-state index contributed by atoms with van der Waals surface area (Å²) in [6.45, 7) is -0.0828. The van der Waals surface area contributed by atoms with Gasteiger partial charge in [-0.25, -0.2) is 9.07 Å². The van der Waals surface area contributed by atoms with Gasteiger partial charge in [0.1, 0.15) is 5.82 Å². The van der Waals surface area contributed by atoms with Crippen LogP contribution in [-0.2, 0) is 4.79 Å². The molecule has 25 heavy (non-hydrogen) atoms. The van der Waals surface area contributed by atoms with Crippen LogP contribution in [0.2, 0.25) is 10.0 Å². The van der Waals surface area contributed by atoms with Gasteiger partial charge in [0.05, 0.1) is 23.6 Å². The minimum Gasteiger partial charge on any atom is -0.374 e. The summed E-state index contributed by atoms with van der Waals surface area (Å²) in [6, 6.07) is 10.9. The van der Waals surface area contributed by atoms with Crippen LogP contribution in [0.15, 0.2) is 54.9 Å². The maximum Gasteiger partial charge on any atom is 0.243 e. The molecule has 3 aromatic rings. The summed E-state index contributed by atoms with van der Waals surface area (Å²) in [5.41, 5.74) is 1.38. The number of carbonyl (C=O) groups is 1.